The Morgan fingerprint density at radius 2 is 1.86 bits per heavy atom. The molecule has 5 rings (SSSR count). The molecule has 2 heterocycles. The molecule has 1 aromatic carbocycles. The van der Waals surface area contributed by atoms with Crippen molar-refractivity contribution in [1.82, 2.24) is 0 Å². The molecule has 1 aromatic heterocycles. The molecular formula is C23H20Cl2NOZr. The van der Waals surface area contributed by atoms with E-state index in [0.717, 1.165) is 29.4 Å². The van der Waals surface area contributed by atoms with Crippen LogP contribution in [0.3, 0.4) is 0 Å². The van der Waals surface area contributed by atoms with Gasteiger partial charge in [-0.15, -0.1) is 0 Å². The summed E-state index contributed by atoms with van der Waals surface area (Å²) in [6, 6.07) is 12.8. The van der Waals surface area contributed by atoms with Crippen molar-refractivity contribution in [2.75, 3.05) is 0 Å². The van der Waals surface area contributed by atoms with Crippen molar-refractivity contribution in [3.8, 4) is 0 Å². The molecule has 5 heteroatoms. The van der Waals surface area contributed by atoms with E-state index in [4.69, 9.17) is 4.42 Å². The number of hydrogen-bond acceptors (Lipinski definition) is 2. The number of halogens is 2. The van der Waals surface area contributed by atoms with Crippen molar-refractivity contribution in [1.29, 1.82) is 0 Å². The van der Waals surface area contributed by atoms with Crippen LogP contribution >= 0.6 is 0 Å². The van der Waals surface area contributed by atoms with E-state index in [2.05, 4.69) is 66.5 Å². The van der Waals surface area contributed by atoms with E-state index in [1.165, 1.54) is 47.0 Å². The molecule has 0 radical (unpaired) electrons. The molecule has 0 N–H and O–H groups in total. The monoisotopic (exact) mass is 486 g/mol. The first-order valence-electron chi connectivity index (χ1n) is 8.92. The second kappa shape index (κ2) is 9.87. The van der Waals surface area contributed by atoms with E-state index in [-0.39, 0.29) is 24.8 Å². The first-order chi connectivity index (χ1) is 12.7. The summed E-state index contributed by atoms with van der Waals surface area (Å²) in [6.07, 6.45) is 11.5. The molecular weight excluding hydrogens is 468 g/mol. The van der Waals surface area contributed by atoms with Gasteiger partial charge in [-0.2, -0.15) is 0 Å². The van der Waals surface area contributed by atoms with E-state index in [9.17, 15) is 0 Å². The van der Waals surface area contributed by atoms with Gasteiger partial charge in [-0.3, -0.25) is 4.99 Å². The Morgan fingerprint density at radius 1 is 1.07 bits per heavy atom. The molecule has 0 fully saturated rings. The number of fused-ring (bicyclic) bond motifs is 2. The Kier molecular flexibility index (Phi) is 8.07. The minimum Gasteiger partial charge on any atom is -1.00 e. The number of benzene rings is 1. The third-order valence-electron chi connectivity index (χ3n) is 4.71. The molecule has 0 saturated carbocycles. The van der Waals surface area contributed by atoms with Crippen molar-refractivity contribution < 1.29 is 54.0 Å². The Labute approximate surface area is 193 Å². The van der Waals surface area contributed by atoms with Gasteiger partial charge in [0.05, 0.1) is 5.70 Å². The van der Waals surface area contributed by atoms with E-state index >= 15 is 0 Å². The van der Waals surface area contributed by atoms with Gasteiger partial charge >= 0.3 is 117 Å². The fourth-order valence-corrected chi connectivity index (χ4v) is 4.56. The van der Waals surface area contributed by atoms with Crippen molar-refractivity contribution in [2.45, 2.75) is 23.9 Å². The minimum atomic E-state index is 0. The van der Waals surface area contributed by atoms with Crippen molar-refractivity contribution in [2.24, 2.45) is 4.99 Å². The van der Waals surface area contributed by atoms with Crippen molar-refractivity contribution in [3.05, 3.63) is 94.6 Å². The number of aliphatic imine (C=N–C) groups is 1. The quantitative estimate of drug-likeness (QED) is 0.577. The number of rotatable bonds is 2. The molecule has 1 atom stereocenters. The van der Waals surface area contributed by atoms with Gasteiger partial charge in [0, 0.05) is 11.3 Å². The number of nitrogens with zero attached hydrogens (tertiary/aromatic N) is 1. The largest absolute Gasteiger partial charge is 1.00 e. The van der Waals surface area contributed by atoms with Crippen LogP contribution in [0.4, 0.5) is 0 Å². The summed E-state index contributed by atoms with van der Waals surface area (Å²) in [5.74, 6) is 2.11. The zero-order valence-corrected chi connectivity index (χ0v) is 19.7. The summed E-state index contributed by atoms with van der Waals surface area (Å²) < 4.78 is 6.39. The van der Waals surface area contributed by atoms with Gasteiger partial charge in [0.2, 0.25) is 0 Å². The third kappa shape index (κ3) is 4.59. The number of hydrogen-bond donors (Lipinski definition) is 0. The molecule has 28 heavy (non-hydrogen) atoms. The molecule has 3 aliphatic rings. The zero-order chi connectivity index (χ0) is 18.1. The van der Waals surface area contributed by atoms with Gasteiger partial charge < -0.3 is 24.8 Å². The van der Waals surface area contributed by atoms with Gasteiger partial charge in [-0.1, -0.05) is 12.2 Å². The average Bonchev–Trinajstić information content (AvgIpc) is 3.39. The predicted octanol–water partition coefficient (Wildman–Crippen LogP) is -0.167. The smallest absolute Gasteiger partial charge is 1.00 e. The summed E-state index contributed by atoms with van der Waals surface area (Å²) in [7, 11) is 0. The van der Waals surface area contributed by atoms with Crippen LogP contribution in [-0.2, 0) is 31.1 Å². The fourth-order valence-electron chi connectivity index (χ4n) is 3.36. The van der Waals surface area contributed by atoms with Crippen LogP contribution in [0.25, 0.3) is 11.6 Å². The van der Waals surface area contributed by atoms with Crippen molar-refractivity contribution in [3.63, 3.8) is 0 Å². The van der Waals surface area contributed by atoms with E-state index in [1.807, 2.05) is 19.1 Å². The normalized spacial score (nSPS) is 17.8. The first-order valence-corrected chi connectivity index (χ1v) is 10.3. The molecule has 0 bridgehead atoms. The van der Waals surface area contributed by atoms with Crippen LogP contribution in [0.2, 0.25) is 0 Å². The summed E-state index contributed by atoms with van der Waals surface area (Å²) in [6.45, 7) is 4.13. The summed E-state index contributed by atoms with van der Waals surface area (Å²) in [4.78, 5) is 4.27. The number of aryl methyl sites for hydroxylation is 1. The summed E-state index contributed by atoms with van der Waals surface area (Å²) in [5, 5.41) is 0. The summed E-state index contributed by atoms with van der Waals surface area (Å²) in [5.41, 5.74) is 7.61. The molecule has 0 amide bonds. The Morgan fingerprint density at radius 3 is 2.54 bits per heavy atom. The molecule has 1 unspecified atom stereocenters. The Balaban J connectivity index is 0.000000218. The zero-order valence-electron chi connectivity index (χ0n) is 15.7. The molecule has 2 nitrogen and oxygen atoms in total. The molecule has 141 valence electrons. The van der Waals surface area contributed by atoms with Gasteiger partial charge in [0.25, 0.3) is 0 Å². The second-order valence-corrected chi connectivity index (χ2v) is 7.96. The van der Waals surface area contributed by atoms with Gasteiger partial charge in [-0.25, -0.2) is 0 Å². The molecule has 0 saturated heterocycles. The topological polar surface area (TPSA) is 25.5 Å². The predicted molar refractivity (Wildman–Crippen MR) is 104 cm³/mol. The van der Waals surface area contributed by atoms with E-state index in [0.29, 0.717) is 3.63 Å². The first kappa shape index (κ1) is 22.9. The molecule has 1 aliphatic heterocycles. The Bertz CT molecular complexity index is 1010. The third-order valence-corrected chi connectivity index (χ3v) is 6.24. The SMILES string of the molecule is CC1=NC2=CC=CC2=C1.CCc1ccc(C2=Cc3ccccc3[CH]2[Zr+2])o1.[Cl-].[Cl-]. The van der Waals surface area contributed by atoms with E-state index in [1.54, 1.807) is 0 Å². The van der Waals surface area contributed by atoms with Crippen molar-refractivity contribution >= 4 is 17.4 Å². The van der Waals surface area contributed by atoms with Crippen LogP contribution in [0.15, 0.2) is 81.4 Å². The minimum absolute atomic E-state index is 0. The molecule has 2 aromatic rings. The molecule has 2 aliphatic carbocycles. The van der Waals surface area contributed by atoms with Crippen LogP contribution in [-0.4, -0.2) is 5.71 Å². The second-order valence-electron chi connectivity index (χ2n) is 6.55. The van der Waals surface area contributed by atoms with Crippen LogP contribution < -0.4 is 24.8 Å². The average molecular weight is 489 g/mol. The molecule has 0 spiro atoms. The van der Waals surface area contributed by atoms with Gasteiger partial charge in [0.1, 0.15) is 0 Å². The van der Waals surface area contributed by atoms with Crippen LogP contribution in [0.5, 0.6) is 0 Å². The number of allylic oxidation sites excluding steroid dienone is 5. The number of furan rings is 1. The van der Waals surface area contributed by atoms with E-state index < -0.39 is 0 Å². The standard InChI is InChI=1S/C15H13O.C8H7N.2ClH.Zr/c1-2-14-7-8-15(16-14)13-9-11-5-3-4-6-12(11)10-13;1-6-5-7-3-2-4-8(7)9-6;;;/h3-10H,2H2,1H3;2-5H,1H3;2*1H;/q;;;;+2/p-2. The maximum absolute atomic E-state index is 5.86. The summed E-state index contributed by atoms with van der Waals surface area (Å²) >= 11 is 1.52. The maximum Gasteiger partial charge on any atom is -1.00 e. The fraction of sp³-hybridized carbons (Fsp3) is 0.174. The Hall–Kier alpha value is -1.41. The van der Waals surface area contributed by atoms with Gasteiger partial charge in [0.15, 0.2) is 0 Å². The van der Waals surface area contributed by atoms with Crippen LogP contribution in [0, 0.1) is 0 Å². The van der Waals surface area contributed by atoms with Gasteiger partial charge in [-0.05, 0) is 19.1 Å². The maximum atomic E-state index is 5.86. The van der Waals surface area contributed by atoms with Crippen LogP contribution in [0.1, 0.15) is 40.1 Å².